The van der Waals surface area contributed by atoms with Crippen molar-refractivity contribution >= 4 is 17.8 Å². The molecule has 3 rings (SSSR count). The van der Waals surface area contributed by atoms with E-state index in [0.29, 0.717) is 53.8 Å². The van der Waals surface area contributed by atoms with E-state index in [-0.39, 0.29) is 17.7 Å². The third kappa shape index (κ3) is 5.98. The molecule has 1 fully saturated rings. The smallest absolute Gasteiger partial charge is 0.308 e. The lowest BCUT2D eigenvalue weighted by molar-refractivity contribution is -0.131. The first-order valence-electron chi connectivity index (χ1n) is 11.0. The Morgan fingerprint density at radius 1 is 0.941 bits per heavy atom. The topological polar surface area (TPSA) is 103 Å². The molecule has 0 unspecified atom stereocenters. The van der Waals surface area contributed by atoms with E-state index in [1.54, 1.807) is 41.3 Å². The Kier molecular flexibility index (Phi) is 8.34. The molecule has 1 heterocycles. The van der Waals surface area contributed by atoms with Gasteiger partial charge in [-0.05, 0) is 49.1 Å². The van der Waals surface area contributed by atoms with Gasteiger partial charge in [0.2, 0.25) is 5.75 Å². The van der Waals surface area contributed by atoms with Crippen molar-refractivity contribution in [2.45, 2.75) is 19.8 Å². The number of carbonyl (C=O) groups is 3. The summed E-state index contributed by atoms with van der Waals surface area (Å²) in [6.45, 7) is 2.99. The number of rotatable bonds is 8. The van der Waals surface area contributed by atoms with E-state index in [2.05, 4.69) is 5.32 Å². The van der Waals surface area contributed by atoms with E-state index >= 15 is 0 Å². The van der Waals surface area contributed by atoms with E-state index < -0.39 is 5.97 Å². The molecule has 2 amide bonds. The Morgan fingerprint density at radius 2 is 1.59 bits per heavy atom. The first kappa shape index (κ1) is 24.9. The molecule has 0 radical (unpaired) electrons. The van der Waals surface area contributed by atoms with Crippen LogP contribution in [-0.4, -0.2) is 63.6 Å². The summed E-state index contributed by atoms with van der Waals surface area (Å²) in [6, 6.07) is 9.84. The molecule has 1 N–H and O–H groups in total. The molecule has 9 heteroatoms. The maximum Gasteiger partial charge on any atom is 0.308 e. The molecule has 1 saturated heterocycles. The van der Waals surface area contributed by atoms with E-state index in [4.69, 9.17) is 18.9 Å². The minimum Gasteiger partial charge on any atom is -0.493 e. The number of amides is 2. The first-order chi connectivity index (χ1) is 16.4. The highest BCUT2D eigenvalue weighted by molar-refractivity contribution is 5.96. The molecule has 182 valence electrons. The predicted molar refractivity (Wildman–Crippen MR) is 125 cm³/mol. The van der Waals surface area contributed by atoms with Crippen LogP contribution in [-0.2, 0) is 4.79 Å². The Labute approximate surface area is 198 Å². The Hall–Kier alpha value is -3.75. The number of ether oxygens (including phenoxy) is 4. The molecule has 0 aromatic heterocycles. The molecule has 0 bridgehead atoms. The number of hydrogen-bond donors (Lipinski definition) is 1. The maximum absolute atomic E-state index is 12.9. The second-order valence-electron chi connectivity index (χ2n) is 7.98. The Balaban J connectivity index is 1.54. The molecule has 2 aromatic rings. The fourth-order valence-corrected chi connectivity index (χ4v) is 3.93. The summed E-state index contributed by atoms with van der Waals surface area (Å²) in [4.78, 5) is 38.5. The van der Waals surface area contributed by atoms with Gasteiger partial charge in [0, 0.05) is 37.7 Å². The summed E-state index contributed by atoms with van der Waals surface area (Å²) >= 11 is 0. The van der Waals surface area contributed by atoms with Crippen LogP contribution in [0.1, 0.15) is 40.5 Å². The van der Waals surface area contributed by atoms with Crippen LogP contribution in [0.3, 0.4) is 0 Å². The summed E-state index contributed by atoms with van der Waals surface area (Å²) < 4.78 is 21.0. The van der Waals surface area contributed by atoms with Gasteiger partial charge in [0.25, 0.3) is 11.8 Å². The van der Waals surface area contributed by atoms with Crippen molar-refractivity contribution in [3.8, 4) is 23.0 Å². The highest BCUT2D eigenvalue weighted by atomic mass is 16.5. The lowest BCUT2D eigenvalue weighted by Crippen LogP contribution is -2.41. The molecule has 0 atom stereocenters. The van der Waals surface area contributed by atoms with Gasteiger partial charge in [-0.2, -0.15) is 0 Å². The predicted octanol–water partition coefficient (Wildman–Crippen LogP) is 2.92. The summed E-state index contributed by atoms with van der Waals surface area (Å²) in [5, 5.41) is 2.97. The molecule has 2 aromatic carbocycles. The highest BCUT2D eigenvalue weighted by Gasteiger charge is 2.25. The van der Waals surface area contributed by atoms with Crippen LogP contribution in [0.25, 0.3) is 0 Å². The molecule has 0 aliphatic carbocycles. The van der Waals surface area contributed by atoms with Gasteiger partial charge in [-0.25, -0.2) is 0 Å². The van der Waals surface area contributed by atoms with Crippen LogP contribution >= 0.6 is 0 Å². The van der Waals surface area contributed by atoms with Gasteiger partial charge in [0.05, 0.1) is 21.3 Å². The fourth-order valence-electron chi connectivity index (χ4n) is 3.93. The molecular formula is C25H30N2O7. The lowest BCUT2D eigenvalue weighted by Gasteiger charge is -2.32. The maximum atomic E-state index is 12.9. The molecule has 34 heavy (non-hydrogen) atoms. The zero-order valence-electron chi connectivity index (χ0n) is 19.9. The average molecular weight is 471 g/mol. The number of nitrogens with one attached hydrogen (secondary N) is 1. The van der Waals surface area contributed by atoms with Crippen molar-refractivity contribution in [2.24, 2.45) is 5.92 Å². The highest BCUT2D eigenvalue weighted by Crippen LogP contribution is 2.38. The Morgan fingerprint density at radius 3 is 2.15 bits per heavy atom. The standard InChI is InChI=1S/C25H30N2O7/c1-16(28)34-20-7-5-6-18(12-20)25(30)27-10-8-17(9-11-27)15-26-24(29)19-13-21(31-2)23(33-4)22(14-19)32-3/h5-7,12-14,17H,8-11,15H2,1-4H3,(H,26,29). The van der Waals surface area contributed by atoms with Gasteiger partial charge < -0.3 is 29.2 Å². The number of esters is 1. The van der Waals surface area contributed by atoms with Gasteiger partial charge in [-0.1, -0.05) is 6.07 Å². The van der Waals surface area contributed by atoms with E-state index in [0.717, 1.165) is 12.8 Å². The van der Waals surface area contributed by atoms with E-state index in [1.807, 2.05) is 0 Å². The zero-order valence-corrected chi connectivity index (χ0v) is 19.9. The number of nitrogens with zero attached hydrogens (tertiary/aromatic N) is 1. The number of methoxy groups -OCH3 is 3. The molecule has 1 aliphatic rings. The van der Waals surface area contributed by atoms with Gasteiger partial charge in [-0.3, -0.25) is 14.4 Å². The van der Waals surface area contributed by atoms with Crippen LogP contribution < -0.4 is 24.3 Å². The normalized spacial score (nSPS) is 13.7. The van der Waals surface area contributed by atoms with Crippen LogP contribution in [0.5, 0.6) is 23.0 Å². The minimum absolute atomic E-state index is 0.103. The van der Waals surface area contributed by atoms with Gasteiger partial charge in [0.1, 0.15) is 5.75 Å². The Bertz CT molecular complexity index is 1020. The third-order valence-corrected chi connectivity index (χ3v) is 5.72. The van der Waals surface area contributed by atoms with Crippen molar-refractivity contribution in [3.05, 3.63) is 47.5 Å². The van der Waals surface area contributed by atoms with Crippen LogP contribution in [0, 0.1) is 5.92 Å². The number of carbonyl (C=O) groups excluding carboxylic acids is 3. The van der Waals surface area contributed by atoms with Crippen LogP contribution in [0.4, 0.5) is 0 Å². The van der Waals surface area contributed by atoms with Crippen molar-refractivity contribution in [1.29, 1.82) is 0 Å². The second-order valence-corrected chi connectivity index (χ2v) is 7.98. The largest absolute Gasteiger partial charge is 0.493 e. The monoisotopic (exact) mass is 470 g/mol. The molecule has 9 nitrogen and oxygen atoms in total. The zero-order chi connectivity index (χ0) is 24.7. The van der Waals surface area contributed by atoms with Gasteiger partial charge in [0.15, 0.2) is 11.5 Å². The number of hydrogen-bond acceptors (Lipinski definition) is 7. The van der Waals surface area contributed by atoms with Crippen LogP contribution in [0.15, 0.2) is 36.4 Å². The van der Waals surface area contributed by atoms with E-state index in [9.17, 15) is 14.4 Å². The summed E-state index contributed by atoms with van der Waals surface area (Å²) in [6.07, 6.45) is 1.54. The SMILES string of the molecule is COc1cc(C(=O)NCC2CCN(C(=O)c3cccc(OC(C)=O)c3)CC2)cc(OC)c1OC. The fraction of sp³-hybridized carbons (Fsp3) is 0.400. The molecule has 1 aliphatic heterocycles. The average Bonchev–Trinajstić information content (AvgIpc) is 2.85. The number of piperidine rings is 1. The van der Waals surface area contributed by atoms with Crippen molar-refractivity contribution in [3.63, 3.8) is 0 Å². The minimum atomic E-state index is -0.431. The first-order valence-corrected chi connectivity index (χ1v) is 11.0. The van der Waals surface area contributed by atoms with Gasteiger partial charge in [-0.15, -0.1) is 0 Å². The van der Waals surface area contributed by atoms with E-state index in [1.165, 1.54) is 28.3 Å². The molecule has 0 saturated carbocycles. The van der Waals surface area contributed by atoms with Crippen molar-refractivity contribution in [2.75, 3.05) is 41.0 Å². The number of benzene rings is 2. The quantitative estimate of drug-likeness (QED) is 0.467. The van der Waals surface area contributed by atoms with Crippen molar-refractivity contribution in [1.82, 2.24) is 10.2 Å². The summed E-state index contributed by atoms with van der Waals surface area (Å²) in [5.74, 6) is 1.09. The second kappa shape index (κ2) is 11.4. The molecular weight excluding hydrogens is 440 g/mol. The van der Waals surface area contributed by atoms with Crippen molar-refractivity contribution < 1.29 is 33.3 Å². The molecule has 0 spiro atoms. The van der Waals surface area contributed by atoms with Crippen LogP contribution in [0.2, 0.25) is 0 Å². The summed E-state index contributed by atoms with van der Waals surface area (Å²) in [5.41, 5.74) is 0.891. The summed E-state index contributed by atoms with van der Waals surface area (Å²) in [7, 11) is 4.51. The lowest BCUT2D eigenvalue weighted by atomic mass is 9.96. The van der Waals surface area contributed by atoms with Gasteiger partial charge >= 0.3 is 5.97 Å². The number of likely N-dealkylation sites (tertiary alicyclic amines) is 1. The third-order valence-electron chi connectivity index (χ3n) is 5.72.